The predicted octanol–water partition coefficient (Wildman–Crippen LogP) is 1.46. The molecule has 1 aliphatic rings. The maximum absolute atomic E-state index is 12.4. The molecule has 0 radical (unpaired) electrons. The zero-order chi connectivity index (χ0) is 17.4. The van der Waals surface area contributed by atoms with Crippen LogP contribution in [0.25, 0.3) is 0 Å². The number of benzene rings is 1. The minimum absolute atomic E-state index is 0.102. The van der Waals surface area contributed by atoms with Crippen LogP contribution in [0.2, 0.25) is 0 Å². The van der Waals surface area contributed by atoms with Gasteiger partial charge in [-0.3, -0.25) is 0 Å². The van der Waals surface area contributed by atoms with Gasteiger partial charge in [-0.05, 0) is 32.9 Å². The van der Waals surface area contributed by atoms with Crippen LogP contribution in [0, 0.1) is 6.92 Å². The number of aryl methyl sites for hydroxylation is 1. The SMILES string of the molecule is COC(=O)C1(C)OC(=O)C(C)=C1OS(=O)(=O)c1ccc(C)cc1. The van der Waals surface area contributed by atoms with Gasteiger partial charge in [0.25, 0.3) is 5.60 Å². The molecule has 0 aromatic heterocycles. The summed E-state index contributed by atoms with van der Waals surface area (Å²) >= 11 is 0. The Bertz CT molecular complexity index is 790. The van der Waals surface area contributed by atoms with E-state index in [1.807, 2.05) is 6.92 Å². The molecular formula is C15H16O7S. The molecule has 124 valence electrons. The molecule has 1 unspecified atom stereocenters. The minimum atomic E-state index is -4.23. The van der Waals surface area contributed by atoms with Gasteiger partial charge in [-0.2, -0.15) is 8.42 Å². The third-order valence-corrected chi connectivity index (χ3v) is 4.69. The zero-order valence-corrected chi connectivity index (χ0v) is 13.9. The molecule has 0 N–H and O–H groups in total. The Labute approximate surface area is 134 Å². The quantitative estimate of drug-likeness (QED) is 0.605. The Hall–Kier alpha value is -2.35. The van der Waals surface area contributed by atoms with Crippen LogP contribution in [0.5, 0.6) is 0 Å². The maximum Gasteiger partial charge on any atom is 0.358 e. The molecular weight excluding hydrogens is 324 g/mol. The fraction of sp³-hybridized carbons (Fsp3) is 0.333. The van der Waals surface area contributed by atoms with Crippen LogP contribution in [0.1, 0.15) is 19.4 Å². The monoisotopic (exact) mass is 340 g/mol. The fourth-order valence-electron chi connectivity index (χ4n) is 2.09. The summed E-state index contributed by atoms with van der Waals surface area (Å²) in [6, 6.07) is 5.95. The first-order valence-corrected chi connectivity index (χ1v) is 8.07. The first-order valence-electron chi connectivity index (χ1n) is 6.66. The highest BCUT2D eigenvalue weighted by Crippen LogP contribution is 2.36. The summed E-state index contributed by atoms with van der Waals surface area (Å²) in [7, 11) is -3.13. The Balaban J connectivity index is 2.45. The van der Waals surface area contributed by atoms with E-state index in [0.717, 1.165) is 12.7 Å². The average Bonchev–Trinajstić information content (AvgIpc) is 2.71. The Morgan fingerprint density at radius 2 is 1.74 bits per heavy atom. The number of rotatable bonds is 4. The van der Waals surface area contributed by atoms with E-state index in [9.17, 15) is 18.0 Å². The molecule has 0 saturated carbocycles. The van der Waals surface area contributed by atoms with E-state index >= 15 is 0 Å². The third kappa shape index (κ3) is 2.94. The summed E-state index contributed by atoms with van der Waals surface area (Å²) < 4.78 is 39.3. The lowest BCUT2D eigenvalue weighted by Crippen LogP contribution is -2.40. The summed E-state index contributed by atoms with van der Waals surface area (Å²) in [5.74, 6) is -2.17. The summed E-state index contributed by atoms with van der Waals surface area (Å²) in [5, 5.41) is 0. The molecule has 0 saturated heterocycles. The highest BCUT2D eigenvalue weighted by atomic mass is 32.2. The van der Waals surface area contributed by atoms with Gasteiger partial charge in [-0.25, -0.2) is 9.59 Å². The van der Waals surface area contributed by atoms with Crippen molar-refractivity contribution >= 4 is 22.1 Å². The van der Waals surface area contributed by atoms with Crippen molar-refractivity contribution in [3.8, 4) is 0 Å². The standard InChI is InChI=1S/C15H16O7S/c1-9-5-7-11(8-6-9)23(18,19)22-12-10(2)13(16)21-15(12,3)14(17)20-4/h5-8H,1-4H3. The number of hydrogen-bond donors (Lipinski definition) is 0. The Morgan fingerprint density at radius 1 is 1.17 bits per heavy atom. The molecule has 1 aliphatic heterocycles. The topological polar surface area (TPSA) is 96.0 Å². The van der Waals surface area contributed by atoms with Crippen molar-refractivity contribution in [3.05, 3.63) is 41.2 Å². The van der Waals surface area contributed by atoms with Gasteiger partial charge in [0.15, 0.2) is 5.76 Å². The van der Waals surface area contributed by atoms with Crippen molar-refractivity contribution in [1.29, 1.82) is 0 Å². The second kappa shape index (κ2) is 5.69. The lowest BCUT2D eigenvalue weighted by atomic mass is 10.0. The van der Waals surface area contributed by atoms with Gasteiger partial charge in [0, 0.05) is 0 Å². The smallest absolute Gasteiger partial charge is 0.358 e. The second-order valence-corrected chi connectivity index (χ2v) is 6.77. The van der Waals surface area contributed by atoms with Crippen molar-refractivity contribution in [2.75, 3.05) is 7.11 Å². The van der Waals surface area contributed by atoms with Crippen molar-refractivity contribution in [3.63, 3.8) is 0 Å². The molecule has 0 aliphatic carbocycles. The van der Waals surface area contributed by atoms with Crippen LogP contribution in [-0.4, -0.2) is 33.1 Å². The molecule has 0 spiro atoms. The van der Waals surface area contributed by atoms with E-state index < -0.39 is 33.4 Å². The van der Waals surface area contributed by atoms with E-state index in [2.05, 4.69) is 4.74 Å². The highest BCUT2D eigenvalue weighted by molar-refractivity contribution is 7.86. The van der Waals surface area contributed by atoms with Crippen molar-refractivity contribution in [2.45, 2.75) is 31.3 Å². The average molecular weight is 340 g/mol. The lowest BCUT2D eigenvalue weighted by molar-refractivity contribution is -0.170. The van der Waals surface area contributed by atoms with E-state index in [1.54, 1.807) is 12.1 Å². The van der Waals surface area contributed by atoms with Crippen LogP contribution >= 0.6 is 0 Å². The number of hydrogen-bond acceptors (Lipinski definition) is 7. The van der Waals surface area contributed by atoms with Crippen molar-refractivity contribution in [2.24, 2.45) is 0 Å². The van der Waals surface area contributed by atoms with E-state index in [4.69, 9.17) is 8.92 Å². The van der Waals surface area contributed by atoms with Gasteiger partial charge < -0.3 is 13.7 Å². The van der Waals surface area contributed by atoms with Crippen LogP contribution in [0.15, 0.2) is 40.5 Å². The number of ether oxygens (including phenoxy) is 2. The summed E-state index contributed by atoms with van der Waals surface area (Å²) in [4.78, 5) is 23.5. The molecule has 1 heterocycles. The number of cyclic esters (lactones) is 1. The maximum atomic E-state index is 12.4. The fourth-order valence-corrected chi connectivity index (χ4v) is 3.16. The Kier molecular flexibility index (Phi) is 4.21. The first-order chi connectivity index (χ1) is 10.6. The summed E-state index contributed by atoms with van der Waals surface area (Å²) in [6.45, 7) is 4.34. The zero-order valence-electron chi connectivity index (χ0n) is 13.1. The molecule has 7 nitrogen and oxygen atoms in total. The molecule has 0 bridgehead atoms. The van der Waals surface area contributed by atoms with Crippen LogP contribution in [0.3, 0.4) is 0 Å². The van der Waals surface area contributed by atoms with E-state index in [1.165, 1.54) is 26.0 Å². The van der Waals surface area contributed by atoms with Crippen molar-refractivity contribution in [1.82, 2.24) is 0 Å². The largest absolute Gasteiger partial charge is 0.466 e. The second-order valence-electron chi connectivity index (χ2n) is 5.22. The van der Waals surface area contributed by atoms with Crippen LogP contribution < -0.4 is 0 Å². The molecule has 0 amide bonds. The minimum Gasteiger partial charge on any atom is -0.466 e. The number of methoxy groups -OCH3 is 1. The molecule has 8 heteroatoms. The first kappa shape index (κ1) is 17.0. The molecule has 23 heavy (non-hydrogen) atoms. The normalized spacial score (nSPS) is 21.1. The molecule has 1 aromatic carbocycles. The number of carbonyl (C=O) groups is 2. The molecule has 2 rings (SSSR count). The van der Waals surface area contributed by atoms with Gasteiger partial charge in [0.2, 0.25) is 0 Å². The van der Waals surface area contributed by atoms with E-state index in [0.29, 0.717) is 0 Å². The molecule has 0 fully saturated rings. The summed E-state index contributed by atoms with van der Waals surface area (Å²) in [6.07, 6.45) is 0. The van der Waals surface area contributed by atoms with Gasteiger partial charge in [-0.1, -0.05) is 17.7 Å². The summed E-state index contributed by atoms with van der Waals surface area (Å²) in [5.41, 5.74) is -1.17. The van der Waals surface area contributed by atoms with Crippen LogP contribution in [0.4, 0.5) is 0 Å². The lowest BCUT2D eigenvalue weighted by Gasteiger charge is -2.22. The number of carbonyl (C=O) groups excluding carboxylic acids is 2. The van der Waals surface area contributed by atoms with Gasteiger partial charge >= 0.3 is 22.1 Å². The van der Waals surface area contributed by atoms with E-state index in [-0.39, 0.29) is 10.5 Å². The van der Waals surface area contributed by atoms with Crippen LogP contribution in [-0.2, 0) is 33.4 Å². The van der Waals surface area contributed by atoms with Crippen molar-refractivity contribution < 1.29 is 31.7 Å². The highest BCUT2D eigenvalue weighted by Gasteiger charge is 2.53. The predicted molar refractivity (Wildman–Crippen MR) is 78.7 cm³/mol. The van der Waals surface area contributed by atoms with Gasteiger partial charge in [0.05, 0.1) is 12.7 Å². The molecule has 1 atom stereocenters. The molecule has 1 aromatic rings. The number of esters is 2. The Morgan fingerprint density at radius 3 is 2.26 bits per heavy atom. The third-order valence-electron chi connectivity index (χ3n) is 3.45. The van der Waals surface area contributed by atoms with Gasteiger partial charge in [0.1, 0.15) is 4.90 Å². The van der Waals surface area contributed by atoms with Gasteiger partial charge in [-0.15, -0.1) is 0 Å².